The molecule has 0 heterocycles. The van der Waals surface area contributed by atoms with Gasteiger partial charge in [0.05, 0.1) is 35.6 Å². The molecule has 0 aliphatic heterocycles. The van der Waals surface area contributed by atoms with Crippen LogP contribution in [0.2, 0.25) is 0 Å². The van der Waals surface area contributed by atoms with Gasteiger partial charge in [-0.25, -0.2) is 9.59 Å². The summed E-state index contributed by atoms with van der Waals surface area (Å²) in [4.78, 5) is 24.6. The molecule has 0 bridgehead atoms. The average Bonchev–Trinajstić information content (AvgIpc) is 2.76. The van der Waals surface area contributed by atoms with Gasteiger partial charge in [-0.15, -0.1) is 0 Å². The Kier molecular flexibility index (Phi) is 12.5. The zero-order valence-electron chi connectivity index (χ0n) is 22.2. The highest BCUT2D eigenvalue weighted by Gasteiger charge is 2.29. The molecule has 1 aliphatic carbocycles. The Labute approximate surface area is 206 Å². The van der Waals surface area contributed by atoms with E-state index in [2.05, 4.69) is 20.1 Å². The number of ether oxygens (including phenoxy) is 2. The normalized spacial score (nSPS) is 19.1. The maximum Gasteiger partial charge on any atom is 0.336 e. The molecule has 0 aromatic carbocycles. The van der Waals surface area contributed by atoms with Gasteiger partial charge in [-0.05, 0) is 52.4 Å². The van der Waals surface area contributed by atoms with Gasteiger partial charge in [-0.3, -0.25) is 0 Å². The van der Waals surface area contributed by atoms with Gasteiger partial charge in [0.15, 0.2) is 0 Å². The summed E-state index contributed by atoms with van der Waals surface area (Å²) in [7, 11) is 0. The number of unbranched alkanes of at least 4 members (excludes halogenated alkanes) is 2. The van der Waals surface area contributed by atoms with Gasteiger partial charge < -0.3 is 19.7 Å². The van der Waals surface area contributed by atoms with E-state index in [4.69, 9.17) is 9.47 Å². The Bertz CT molecular complexity index is 632. The van der Waals surface area contributed by atoms with Crippen molar-refractivity contribution >= 4 is 11.9 Å². The number of rotatable bonds is 15. The molecule has 1 rings (SSSR count). The summed E-state index contributed by atoms with van der Waals surface area (Å²) in [5.41, 5.74) is -2.75. The lowest BCUT2D eigenvalue weighted by Crippen LogP contribution is -2.31. The SMILES string of the molecule is C=C(C(=O)OCC(CCC1CCC(CCCCC)CC1)COC(=O)C(=C)C(C)(C)O)C(C)(C)O. The molecule has 1 aliphatic rings. The fourth-order valence-corrected chi connectivity index (χ4v) is 4.24. The smallest absolute Gasteiger partial charge is 0.336 e. The minimum atomic E-state index is -1.36. The minimum absolute atomic E-state index is 0.0138. The van der Waals surface area contributed by atoms with Crippen molar-refractivity contribution in [3.05, 3.63) is 24.3 Å². The first-order chi connectivity index (χ1) is 15.8. The van der Waals surface area contributed by atoms with E-state index in [1.54, 1.807) is 0 Å². The van der Waals surface area contributed by atoms with Gasteiger partial charge in [0.1, 0.15) is 0 Å². The Morgan fingerprint density at radius 1 is 0.824 bits per heavy atom. The van der Waals surface area contributed by atoms with Gasteiger partial charge in [-0.1, -0.05) is 71.4 Å². The van der Waals surface area contributed by atoms with Gasteiger partial charge in [-0.2, -0.15) is 0 Å². The topological polar surface area (TPSA) is 93.1 Å². The lowest BCUT2D eigenvalue weighted by Gasteiger charge is -2.29. The van der Waals surface area contributed by atoms with Crippen LogP contribution in [-0.4, -0.2) is 46.6 Å². The number of carbonyl (C=O) groups excluding carboxylic acids is 2. The molecule has 0 atom stereocenters. The van der Waals surface area contributed by atoms with Crippen molar-refractivity contribution in [3.8, 4) is 0 Å². The first-order valence-electron chi connectivity index (χ1n) is 12.9. The molecule has 0 unspecified atom stereocenters. The minimum Gasteiger partial charge on any atom is -0.462 e. The molecule has 0 spiro atoms. The highest BCUT2D eigenvalue weighted by Crippen LogP contribution is 2.35. The highest BCUT2D eigenvalue weighted by molar-refractivity contribution is 5.90. The summed E-state index contributed by atoms with van der Waals surface area (Å²) in [6.45, 7) is 15.6. The lowest BCUT2D eigenvalue weighted by atomic mass is 9.77. The summed E-state index contributed by atoms with van der Waals surface area (Å²) in [6, 6.07) is 0. The fraction of sp³-hybridized carbons (Fsp3) is 0.786. The van der Waals surface area contributed by atoms with Crippen molar-refractivity contribution in [3.63, 3.8) is 0 Å². The molecule has 6 heteroatoms. The Hall–Kier alpha value is -1.66. The molecule has 2 N–H and O–H groups in total. The third-order valence-electron chi connectivity index (χ3n) is 7.04. The van der Waals surface area contributed by atoms with Crippen molar-refractivity contribution in [2.45, 2.75) is 110 Å². The van der Waals surface area contributed by atoms with Crippen molar-refractivity contribution in [1.29, 1.82) is 0 Å². The fourth-order valence-electron chi connectivity index (χ4n) is 4.24. The van der Waals surface area contributed by atoms with Crippen LogP contribution in [0.5, 0.6) is 0 Å². The van der Waals surface area contributed by atoms with Crippen molar-refractivity contribution in [2.75, 3.05) is 13.2 Å². The number of aliphatic hydroxyl groups is 2. The summed E-state index contributed by atoms with van der Waals surface area (Å²) >= 11 is 0. The van der Waals surface area contributed by atoms with Crippen molar-refractivity contribution in [2.24, 2.45) is 17.8 Å². The van der Waals surface area contributed by atoms with Crippen LogP contribution in [0.15, 0.2) is 24.3 Å². The van der Waals surface area contributed by atoms with E-state index < -0.39 is 23.1 Å². The van der Waals surface area contributed by atoms with Gasteiger partial charge in [0, 0.05) is 5.92 Å². The average molecular weight is 481 g/mol. The Morgan fingerprint density at radius 3 is 1.62 bits per heavy atom. The molecule has 0 aromatic heterocycles. The second-order valence-electron chi connectivity index (χ2n) is 11.1. The number of hydrogen-bond donors (Lipinski definition) is 2. The van der Waals surface area contributed by atoms with Gasteiger partial charge in [0.25, 0.3) is 0 Å². The van der Waals surface area contributed by atoms with E-state index in [-0.39, 0.29) is 30.3 Å². The van der Waals surface area contributed by atoms with Crippen LogP contribution in [0.4, 0.5) is 0 Å². The summed E-state index contributed by atoms with van der Waals surface area (Å²) in [5, 5.41) is 20.0. The second-order valence-corrected chi connectivity index (χ2v) is 11.1. The van der Waals surface area contributed by atoms with Crippen LogP contribution in [0.25, 0.3) is 0 Å². The van der Waals surface area contributed by atoms with Crippen LogP contribution in [0, 0.1) is 17.8 Å². The Balaban J connectivity index is 2.62. The van der Waals surface area contributed by atoms with Crippen LogP contribution < -0.4 is 0 Å². The zero-order valence-corrected chi connectivity index (χ0v) is 22.2. The van der Waals surface area contributed by atoms with E-state index in [1.165, 1.54) is 79.1 Å². The van der Waals surface area contributed by atoms with E-state index in [1.807, 2.05) is 0 Å². The largest absolute Gasteiger partial charge is 0.462 e. The van der Waals surface area contributed by atoms with Gasteiger partial charge >= 0.3 is 11.9 Å². The third-order valence-corrected chi connectivity index (χ3v) is 7.04. The van der Waals surface area contributed by atoms with Crippen LogP contribution >= 0.6 is 0 Å². The molecule has 0 amide bonds. The van der Waals surface area contributed by atoms with Crippen LogP contribution in [0.1, 0.15) is 98.8 Å². The molecule has 196 valence electrons. The predicted molar refractivity (Wildman–Crippen MR) is 135 cm³/mol. The molecule has 0 saturated heterocycles. The lowest BCUT2D eigenvalue weighted by molar-refractivity contribution is -0.146. The van der Waals surface area contributed by atoms with Crippen LogP contribution in [0.3, 0.4) is 0 Å². The maximum atomic E-state index is 12.3. The molecule has 34 heavy (non-hydrogen) atoms. The van der Waals surface area contributed by atoms with Crippen molar-refractivity contribution in [1.82, 2.24) is 0 Å². The molecular weight excluding hydrogens is 432 g/mol. The molecule has 1 fully saturated rings. The zero-order chi connectivity index (χ0) is 25.9. The highest BCUT2D eigenvalue weighted by atomic mass is 16.5. The molecule has 0 aromatic rings. The van der Waals surface area contributed by atoms with Crippen molar-refractivity contribution < 1.29 is 29.3 Å². The maximum absolute atomic E-state index is 12.3. The standard InChI is InChI=1S/C28H48O6/c1-8-9-10-11-22-12-14-23(15-13-22)16-17-24(18-33-25(29)20(2)27(4,5)31)19-34-26(30)21(3)28(6,7)32/h22-24,31-32H,2-3,8-19H2,1,4-7H3. The van der Waals surface area contributed by atoms with E-state index in [9.17, 15) is 19.8 Å². The second kappa shape index (κ2) is 14.0. The summed E-state index contributed by atoms with van der Waals surface area (Å²) < 4.78 is 10.8. The number of esters is 2. The first kappa shape index (κ1) is 30.4. The monoisotopic (exact) mass is 480 g/mol. The third kappa shape index (κ3) is 11.2. The Morgan fingerprint density at radius 2 is 1.24 bits per heavy atom. The molecule has 0 radical (unpaired) electrons. The molecule has 1 saturated carbocycles. The number of carbonyl (C=O) groups is 2. The number of hydrogen-bond acceptors (Lipinski definition) is 6. The summed E-state index contributed by atoms with van der Waals surface area (Å²) in [5.74, 6) is -0.00997. The first-order valence-corrected chi connectivity index (χ1v) is 12.9. The molecular formula is C28H48O6. The van der Waals surface area contributed by atoms with Crippen LogP contribution in [-0.2, 0) is 19.1 Å². The van der Waals surface area contributed by atoms with E-state index in [0.717, 1.165) is 18.8 Å². The molecule has 6 nitrogen and oxygen atoms in total. The predicted octanol–water partition coefficient (Wildman–Crippen LogP) is 5.51. The van der Waals surface area contributed by atoms with E-state index >= 15 is 0 Å². The quantitative estimate of drug-likeness (QED) is 0.182. The summed E-state index contributed by atoms with van der Waals surface area (Å²) in [6.07, 6.45) is 12.0. The van der Waals surface area contributed by atoms with E-state index in [0.29, 0.717) is 5.92 Å². The van der Waals surface area contributed by atoms with Gasteiger partial charge in [0.2, 0.25) is 0 Å².